The van der Waals surface area contributed by atoms with Gasteiger partial charge in [0, 0.05) is 18.1 Å². The standard InChI is InChI=1S/C24H17N3O3/c28-23(15-29-20-9-7-16-4-1-2-5-17(16)12-20)26-19-8-10-22-21(13-19)27-24(30-22)18-6-3-11-25-14-18/h1-14H,15H2,(H,26,28). The van der Waals surface area contributed by atoms with Crippen LogP contribution in [-0.2, 0) is 4.79 Å². The van der Waals surface area contributed by atoms with Crippen molar-refractivity contribution >= 4 is 33.5 Å². The van der Waals surface area contributed by atoms with Crippen LogP contribution in [0.25, 0.3) is 33.3 Å². The molecule has 0 aliphatic heterocycles. The quantitative estimate of drug-likeness (QED) is 0.450. The van der Waals surface area contributed by atoms with Crippen LogP contribution in [0.2, 0.25) is 0 Å². The molecule has 6 heteroatoms. The topological polar surface area (TPSA) is 77.2 Å². The first-order chi connectivity index (χ1) is 14.7. The third-order valence-electron chi connectivity index (χ3n) is 4.67. The van der Waals surface area contributed by atoms with Crippen LogP contribution in [0.5, 0.6) is 5.75 Å². The van der Waals surface area contributed by atoms with E-state index in [1.807, 2.05) is 54.6 Å². The number of benzene rings is 3. The Kier molecular flexibility index (Phi) is 4.57. The fourth-order valence-corrected chi connectivity index (χ4v) is 3.22. The van der Waals surface area contributed by atoms with E-state index in [-0.39, 0.29) is 12.5 Å². The van der Waals surface area contributed by atoms with Gasteiger partial charge in [-0.2, -0.15) is 0 Å². The van der Waals surface area contributed by atoms with Gasteiger partial charge in [0.15, 0.2) is 12.2 Å². The zero-order chi connectivity index (χ0) is 20.3. The Bertz CT molecular complexity index is 1350. The van der Waals surface area contributed by atoms with Crippen LogP contribution in [0.15, 0.2) is 89.6 Å². The highest BCUT2D eigenvalue weighted by Gasteiger charge is 2.10. The van der Waals surface area contributed by atoms with Gasteiger partial charge in [0.05, 0.1) is 5.56 Å². The number of carbonyl (C=O) groups excluding carboxylic acids is 1. The highest BCUT2D eigenvalue weighted by molar-refractivity contribution is 5.94. The molecule has 5 aromatic rings. The Morgan fingerprint density at radius 1 is 0.967 bits per heavy atom. The maximum absolute atomic E-state index is 12.3. The van der Waals surface area contributed by atoms with Crippen molar-refractivity contribution in [2.24, 2.45) is 0 Å². The summed E-state index contributed by atoms with van der Waals surface area (Å²) in [5.74, 6) is 0.886. The van der Waals surface area contributed by atoms with Crippen molar-refractivity contribution in [2.75, 3.05) is 11.9 Å². The van der Waals surface area contributed by atoms with E-state index in [9.17, 15) is 4.79 Å². The number of hydrogen-bond donors (Lipinski definition) is 1. The first-order valence-corrected chi connectivity index (χ1v) is 9.47. The van der Waals surface area contributed by atoms with E-state index in [1.165, 1.54) is 0 Å². The predicted molar refractivity (Wildman–Crippen MR) is 115 cm³/mol. The van der Waals surface area contributed by atoms with E-state index < -0.39 is 0 Å². The maximum atomic E-state index is 12.3. The molecule has 0 saturated heterocycles. The highest BCUT2D eigenvalue weighted by atomic mass is 16.5. The van der Waals surface area contributed by atoms with Crippen LogP contribution in [0.4, 0.5) is 5.69 Å². The van der Waals surface area contributed by atoms with Crippen molar-refractivity contribution in [3.63, 3.8) is 0 Å². The van der Waals surface area contributed by atoms with Crippen LogP contribution in [-0.4, -0.2) is 22.5 Å². The Hall–Kier alpha value is -4.19. The fourth-order valence-electron chi connectivity index (χ4n) is 3.22. The summed E-state index contributed by atoms with van der Waals surface area (Å²) in [5.41, 5.74) is 2.71. The molecule has 0 radical (unpaired) electrons. The van der Waals surface area contributed by atoms with Crippen molar-refractivity contribution in [1.82, 2.24) is 9.97 Å². The molecular formula is C24H17N3O3. The summed E-state index contributed by atoms with van der Waals surface area (Å²) in [4.78, 5) is 20.9. The molecular weight excluding hydrogens is 378 g/mol. The first-order valence-electron chi connectivity index (χ1n) is 9.47. The van der Waals surface area contributed by atoms with E-state index in [4.69, 9.17) is 9.15 Å². The number of oxazole rings is 1. The van der Waals surface area contributed by atoms with Gasteiger partial charge in [-0.3, -0.25) is 9.78 Å². The van der Waals surface area contributed by atoms with Crippen molar-refractivity contribution in [3.8, 4) is 17.2 Å². The van der Waals surface area contributed by atoms with E-state index >= 15 is 0 Å². The molecule has 0 saturated carbocycles. The number of rotatable bonds is 5. The predicted octanol–water partition coefficient (Wildman–Crippen LogP) is 5.06. The van der Waals surface area contributed by atoms with Gasteiger partial charge in [-0.15, -0.1) is 0 Å². The second-order valence-electron chi connectivity index (χ2n) is 6.79. The molecule has 0 aliphatic rings. The van der Waals surface area contributed by atoms with Gasteiger partial charge in [0.2, 0.25) is 5.89 Å². The number of hydrogen-bond acceptors (Lipinski definition) is 5. The van der Waals surface area contributed by atoms with Crippen molar-refractivity contribution in [2.45, 2.75) is 0 Å². The summed E-state index contributed by atoms with van der Waals surface area (Å²) >= 11 is 0. The molecule has 1 N–H and O–H groups in total. The SMILES string of the molecule is O=C(COc1ccc2ccccc2c1)Nc1ccc2oc(-c3cccnc3)nc2c1. The van der Waals surface area contributed by atoms with Crippen molar-refractivity contribution < 1.29 is 13.9 Å². The summed E-state index contributed by atoms with van der Waals surface area (Å²) in [6.45, 7) is -0.0872. The lowest BCUT2D eigenvalue weighted by atomic mass is 10.1. The second-order valence-corrected chi connectivity index (χ2v) is 6.79. The summed E-state index contributed by atoms with van der Waals surface area (Å²) < 4.78 is 11.4. The molecule has 2 aromatic heterocycles. The highest BCUT2D eigenvalue weighted by Crippen LogP contribution is 2.26. The second kappa shape index (κ2) is 7.67. The molecule has 1 amide bonds. The Balaban J connectivity index is 1.27. The lowest BCUT2D eigenvalue weighted by Gasteiger charge is -2.08. The van der Waals surface area contributed by atoms with E-state index in [0.29, 0.717) is 28.4 Å². The van der Waals surface area contributed by atoms with Crippen LogP contribution in [0, 0.1) is 0 Å². The zero-order valence-corrected chi connectivity index (χ0v) is 15.9. The van der Waals surface area contributed by atoms with E-state index in [2.05, 4.69) is 15.3 Å². The number of anilines is 1. The average Bonchev–Trinajstić information content (AvgIpc) is 3.22. The lowest BCUT2D eigenvalue weighted by Crippen LogP contribution is -2.20. The van der Waals surface area contributed by atoms with E-state index in [1.54, 1.807) is 30.6 Å². The van der Waals surface area contributed by atoms with Crippen LogP contribution >= 0.6 is 0 Å². The van der Waals surface area contributed by atoms with Crippen LogP contribution in [0.3, 0.4) is 0 Å². The number of amides is 1. The molecule has 6 nitrogen and oxygen atoms in total. The summed E-state index contributed by atoms with van der Waals surface area (Å²) in [7, 11) is 0. The largest absolute Gasteiger partial charge is 0.484 e. The minimum atomic E-state index is -0.251. The lowest BCUT2D eigenvalue weighted by molar-refractivity contribution is -0.118. The van der Waals surface area contributed by atoms with Crippen molar-refractivity contribution in [1.29, 1.82) is 0 Å². The number of aromatic nitrogens is 2. The monoisotopic (exact) mass is 395 g/mol. The van der Waals surface area contributed by atoms with Crippen LogP contribution < -0.4 is 10.1 Å². The van der Waals surface area contributed by atoms with Crippen molar-refractivity contribution in [3.05, 3.63) is 85.2 Å². The Labute approximate surface area is 172 Å². The minimum Gasteiger partial charge on any atom is -0.484 e. The molecule has 0 bridgehead atoms. The van der Waals surface area contributed by atoms with Crippen LogP contribution in [0.1, 0.15) is 0 Å². The number of pyridine rings is 1. The van der Waals surface area contributed by atoms with Gasteiger partial charge in [0.1, 0.15) is 11.3 Å². The maximum Gasteiger partial charge on any atom is 0.262 e. The molecule has 0 spiro atoms. The molecule has 146 valence electrons. The third-order valence-corrected chi connectivity index (χ3v) is 4.67. The molecule has 2 heterocycles. The van der Waals surface area contributed by atoms with E-state index in [0.717, 1.165) is 16.3 Å². The smallest absolute Gasteiger partial charge is 0.262 e. The molecule has 0 aliphatic carbocycles. The molecule has 0 fully saturated rings. The summed E-state index contributed by atoms with van der Waals surface area (Å²) in [6, 6.07) is 22.8. The van der Waals surface area contributed by atoms with Gasteiger partial charge in [-0.05, 0) is 53.2 Å². The zero-order valence-electron chi connectivity index (χ0n) is 15.9. The molecule has 0 unspecified atom stereocenters. The average molecular weight is 395 g/mol. The number of nitrogens with zero attached hydrogens (tertiary/aromatic N) is 2. The molecule has 5 rings (SSSR count). The number of carbonyl (C=O) groups is 1. The van der Waals surface area contributed by atoms with Gasteiger partial charge in [-0.25, -0.2) is 4.98 Å². The molecule has 3 aromatic carbocycles. The number of ether oxygens (including phenoxy) is 1. The first kappa shape index (κ1) is 17.9. The normalized spacial score (nSPS) is 10.9. The Morgan fingerprint density at radius 2 is 1.87 bits per heavy atom. The minimum absolute atomic E-state index is 0.0872. The van der Waals surface area contributed by atoms with Gasteiger partial charge in [-0.1, -0.05) is 30.3 Å². The number of fused-ring (bicyclic) bond motifs is 2. The van der Waals surface area contributed by atoms with Gasteiger partial charge in [0.25, 0.3) is 5.91 Å². The summed E-state index contributed by atoms with van der Waals surface area (Å²) in [5, 5.41) is 5.02. The fraction of sp³-hybridized carbons (Fsp3) is 0.0417. The number of nitrogens with one attached hydrogen (secondary N) is 1. The summed E-state index contributed by atoms with van der Waals surface area (Å²) in [6.07, 6.45) is 3.39. The molecule has 30 heavy (non-hydrogen) atoms. The molecule has 0 atom stereocenters. The Morgan fingerprint density at radius 3 is 2.73 bits per heavy atom. The van der Waals surface area contributed by atoms with Gasteiger partial charge < -0.3 is 14.5 Å². The van der Waals surface area contributed by atoms with Gasteiger partial charge >= 0.3 is 0 Å². The third kappa shape index (κ3) is 3.71.